The van der Waals surface area contributed by atoms with Crippen molar-refractivity contribution < 1.29 is 9.59 Å². The summed E-state index contributed by atoms with van der Waals surface area (Å²) in [5.74, 6) is -0.165. The van der Waals surface area contributed by atoms with Gasteiger partial charge in [-0.25, -0.2) is 4.98 Å². The Morgan fingerprint density at radius 2 is 1.18 bits per heavy atom. The number of nitrogens with zero attached hydrogens (tertiary/aromatic N) is 2. The minimum atomic E-state index is -0.224. The van der Waals surface area contributed by atoms with Gasteiger partial charge < -0.3 is 10.6 Å². The van der Waals surface area contributed by atoms with E-state index in [0.717, 1.165) is 63.5 Å². The van der Waals surface area contributed by atoms with Crippen molar-refractivity contribution in [2.45, 2.75) is 78.1 Å². The third kappa shape index (κ3) is 19.6. The Bertz CT molecular complexity index is 941. The van der Waals surface area contributed by atoms with Crippen LogP contribution in [-0.4, -0.2) is 34.9 Å². The molecule has 0 spiro atoms. The van der Waals surface area contributed by atoms with Gasteiger partial charge in [-0.2, -0.15) is 0 Å². The first-order chi connectivity index (χ1) is 18.6. The topological polar surface area (TPSA) is 84.0 Å². The van der Waals surface area contributed by atoms with E-state index in [1.54, 1.807) is 6.20 Å². The van der Waals surface area contributed by atoms with Crippen LogP contribution in [0.4, 0.5) is 0 Å². The number of hydrogen-bond donors (Lipinski definition) is 2. The van der Waals surface area contributed by atoms with Crippen molar-refractivity contribution in [3.63, 3.8) is 0 Å². The van der Waals surface area contributed by atoms with Crippen LogP contribution in [-0.2, 0) is 4.79 Å². The smallest absolute Gasteiger partial charge is 0.271 e. The van der Waals surface area contributed by atoms with Gasteiger partial charge in [0.2, 0.25) is 5.91 Å². The summed E-state index contributed by atoms with van der Waals surface area (Å²) < 4.78 is 0. The fourth-order valence-corrected chi connectivity index (χ4v) is 3.22. The molecule has 1 aromatic heterocycles. The van der Waals surface area contributed by atoms with Gasteiger partial charge in [0.05, 0.1) is 11.9 Å². The van der Waals surface area contributed by atoms with Crippen LogP contribution in [0.15, 0.2) is 85.3 Å². The van der Waals surface area contributed by atoms with Gasteiger partial charge in [0, 0.05) is 25.7 Å². The van der Waals surface area contributed by atoms with Crippen molar-refractivity contribution in [2.24, 2.45) is 0 Å². The van der Waals surface area contributed by atoms with Crippen LogP contribution in [0.25, 0.3) is 0 Å². The Morgan fingerprint density at radius 3 is 1.68 bits per heavy atom. The van der Waals surface area contributed by atoms with E-state index in [4.69, 9.17) is 0 Å². The number of rotatable bonds is 20. The van der Waals surface area contributed by atoms with Crippen molar-refractivity contribution in [3.8, 4) is 0 Å². The molecule has 0 aliphatic heterocycles. The molecule has 1 rings (SSSR count). The Hall–Kier alpha value is -3.54. The van der Waals surface area contributed by atoms with E-state index in [-0.39, 0.29) is 11.8 Å². The third-order valence-electron chi connectivity index (χ3n) is 5.36. The summed E-state index contributed by atoms with van der Waals surface area (Å²) in [7, 11) is 0. The molecule has 2 amide bonds. The predicted molar refractivity (Wildman–Crippen MR) is 159 cm³/mol. The zero-order valence-corrected chi connectivity index (χ0v) is 23.3. The second kappa shape index (κ2) is 23.8. The van der Waals surface area contributed by atoms with E-state index < -0.39 is 0 Å². The summed E-state index contributed by atoms with van der Waals surface area (Å²) >= 11 is 0. The van der Waals surface area contributed by atoms with Gasteiger partial charge in [-0.15, -0.1) is 0 Å². The minimum absolute atomic E-state index is 0.0588. The molecule has 2 N–H and O–H groups in total. The lowest BCUT2D eigenvalue weighted by molar-refractivity contribution is -0.121. The molecule has 1 aromatic rings. The number of aromatic nitrogens is 2. The molecule has 1 heterocycles. The molecule has 6 heteroatoms. The van der Waals surface area contributed by atoms with Gasteiger partial charge in [-0.3, -0.25) is 14.6 Å². The molecule has 38 heavy (non-hydrogen) atoms. The molecule has 0 aliphatic carbocycles. The van der Waals surface area contributed by atoms with Gasteiger partial charge in [0.1, 0.15) is 5.69 Å². The molecule has 0 saturated heterocycles. The first-order valence-corrected chi connectivity index (χ1v) is 13.9. The van der Waals surface area contributed by atoms with Crippen molar-refractivity contribution in [2.75, 3.05) is 13.1 Å². The molecular weight excluding hydrogens is 472 g/mol. The van der Waals surface area contributed by atoms with E-state index in [0.29, 0.717) is 25.2 Å². The molecule has 0 fully saturated rings. The van der Waals surface area contributed by atoms with Gasteiger partial charge in [-0.1, -0.05) is 79.8 Å². The zero-order valence-electron chi connectivity index (χ0n) is 23.3. The highest BCUT2D eigenvalue weighted by molar-refractivity contribution is 5.91. The molecule has 0 saturated carbocycles. The Morgan fingerprint density at radius 1 is 0.684 bits per heavy atom. The molecule has 0 aromatic carbocycles. The van der Waals surface area contributed by atoms with Crippen LogP contribution in [0.5, 0.6) is 0 Å². The molecular formula is C32H46N4O2. The maximum atomic E-state index is 11.9. The number of hydrogen-bond acceptors (Lipinski definition) is 4. The number of unbranched alkanes of at least 4 members (excludes halogenated alkanes) is 1. The van der Waals surface area contributed by atoms with Crippen LogP contribution >= 0.6 is 0 Å². The quantitative estimate of drug-likeness (QED) is 0.145. The third-order valence-corrected chi connectivity index (χ3v) is 5.36. The summed E-state index contributed by atoms with van der Waals surface area (Å²) in [4.78, 5) is 32.0. The number of carbonyl (C=O) groups is 2. The normalized spacial score (nSPS) is 12.3. The lowest BCUT2D eigenvalue weighted by Crippen LogP contribution is -2.27. The van der Waals surface area contributed by atoms with Crippen LogP contribution in [0.2, 0.25) is 0 Å². The van der Waals surface area contributed by atoms with Crippen LogP contribution in [0, 0.1) is 6.92 Å². The minimum Gasteiger partial charge on any atom is -0.356 e. The average Bonchev–Trinajstić information content (AvgIpc) is 2.92. The molecule has 206 valence electrons. The molecule has 0 bridgehead atoms. The highest BCUT2D eigenvalue weighted by Crippen LogP contribution is 1.98. The number of allylic oxidation sites excluding steroid dienone is 12. The van der Waals surface area contributed by atoms with Gasteiger partial charge >= 0.3 is 0 Å². The number of carbonyl (C=O) groups excluding carboxylic acids is 2. The molecule has 6 nitrogen and oxygen atoms in total. The van der Waals surface area contributed by atoms with Crippen LogP contribution < -0.4 is 10.6 Å². The Balaban J connectivity index is 1.94. The summed E-state index contributed by atoms with van der Waals surface area (Å²) in [5.41, 5.74) is 1.09. The first-order valence-electron chi connectivity index (χ1n) is 13.9. The highest BCUT2D eigenvalue weighted by atomic mass is 16.2. The standard InChI is InChI=1S/C32H46N4O2/c1-3-4-5-6-7-8-9-10-11-12-13-14-15-16-17-18-19-20-21-24-31(37)33-25-22-23-26-34-32(38)30-28-35-29(2)27-36-30/h4-5,7-8,10-11,13-14,16-17,19-20,27-28H,3,6,9,12,15,18,21-26H2,1-2H3,(H,33,37)(H,34,38). The molecule has 0 unspecified atom stereocenters. The lowest BCUT2D eigenvalue weighted by Gasteiger charge is -2.06. The summed E-state index contributed by atoms with van der Waals surface area (Å²) in [6.45, 7) is 5.13. The Labute approximate surface area is 229 Å². The SMILES string of the molecule is CCC=CCC=CCC=CCC=CCC=CCC=CCCC(=O)NCCCCNC(=O)c1cnc(C)cn1. The maximum absolute atomic E-state index is 11.9. The highest BCUT2D eigenvalue weighted by Gasteiger charge is 2.06. The average molecular weight is 519 g/mol. The summed E-state index contributed by atoms with van der Waals surface area (Å²) in [6.07, 6.45) is 37.9. The van der Waals surface area contributed by atoms with Crippen molar-refractivity contribution in [1.82, 2.24) is 20.6 Å². The van der Waals surface area contributed by atoms with Gasteiger partial charge in [0.15, 0.2) is 0 Å². The first kappa shape index (κ1) is 32.5. The van der Waals surface area contributed by atoms with Gasteiger partial charge in [-0.05, 0) is 64.7 Å². The molecule has 0 aliphatic rings. The van der Waals surface area contributed by atoms with Crippen molar-refractivity contribution in [1.29, 1.82) is 0 Å². The predicted octanol–water partition coefficient (Wildman–Crippen LogP) is 6.89. The van der Waals surface area contributed by atoms with Crippen LogP contribution in [0.1, 0.15) is 87.3 Å². The Kier molecular flexibility index (Phi) is 20.4. The van der Waals surface area contributed by atoms with E-state index in [2.05, 4.69) is 100 Å². The molecule has 0 radical (unpaired) electrons. The second-order valence-electron chi connectivity index (χ2n) is 8.81. The van der Waals surface area contributed by atoms with E-state index in [9.17, 15) is 9.59 Å². The van der Waals surface area contributed by atoms with Gasteiger partial charge in [0.25, 0.3) is 5.91 Å². The monoisotopic (exact) mass is 518 g/mol. The fraction of sp³-hybridized carbons (Fsp3) is 0.438. The molecule has 0 atom stereocenters. The second-order valence-corrected chi connectivity index (χ2v) is 8.81. The number of nitrogens with one attached hydrogen (secondary N) is 2. The van der Waals surface area contributed by atoms with Crippen LogP contribution in [0.3, 0.4) is 0 Å². The zero-order chi connectivity index (χ0) is 27.5. The number of aryl methyl sites for hydroxylation is 1. The van der Waals surface area contributed by atoms with E-state index >= 15 is 0 Å². The summed E-state index contributed by atoms with van der Waals surface area (Å²) in [6, 6.07) is 0. The fourth-order valence-electron chi connectivity index (χ4n) is 3.22. The van der Waals surface area contributed by atoms with Crippen molar-refractivity contribution >= 4 is 11.8 Å². The number of amides is 2. The van der Waals surface area contributed by atoms with E-state index in [1.807, 2.05) is 6.92 Å². The van der Waals surface area contributed by atoms with Crippen molar-refractivity contribution in [3.05, 3.63) is 96.7 Å². The summed E-state index contributed by atoms with van der Waals surface area (Å²) in [5, 5.41) is 5.75. The lowest BCUT2D eigenvalue weighted by atomic mass is 10.2. The maximum Gasteiger partial charge on any atom is 0.271 e. The van der Waals surface area contributed by atoms with E-state index in [1.165, 1.54) is 6.20 Å². The largest absolute Gasteiger partial charge is 0.356 e.